The highest BCUT2D eigenvalue weighted by atomic mass is 32.2. The van der Waals surface area contributed by atoms with Crippen molar-refractivity contribution >= 4 is 32.8 Å². The van der Waals surface area contributed by atoms with Gasteiger partial charge in [-0.15, -0.1) is 0 Å². The van der Waals surface area contributed by atoms with Gasteiger partial charge >= 0.3 is 0 Å². The first-order valence-corrected chi connectivity index (χ1v) is 10.3. The van der Waals surface area contributed by atoms with Gasteiger partial charge in [0.25, 0.3) is 5.91 Å². The average Bonchev–Trinajstić information content (AvgIpc) is 2.69. The second-order valence-corrected chi connectivity index (χ2v) is 8.23. The molecule has 3 N–H and O–H groups in total. The highest BCUT2D eigenvalue weighted by molar-refractivity contribution is 7.90. The van der Waals surface area contributed by atoms with Crippen LogP contribution in [0.1, 0.15) is 15.9 Å². The molecule has 10 heteroatoms. The van der Waals surface area contributed by atoms with Gasteiger partial charge in [-0.3, -0.25) is 15.6 Å². The maximum Gasteiger partial charge on any atom is 0.272 e. The minimum atomic E-state index is -3.59. The average molecular weight is 415 g/mol. The van der Waals surface area contributed by atoms with E-state index in [1.807, 2.05) is 0 Å². The fourth-order valence-electron chi connectivity index (χ4n) is 2.57. The Labute approximate surface area is 167 Å². The number of nitrogens with zero attached hydrogens (tertiary/aromatic N) is 2. The zero-order chi connectivity index (χ0) is 21.0. The molecule has 1 amide bonds. The van der Waals surface area contributed by atoms with Gasteiger partial charge in [-0.05, 0) is 36.8 Å². The van der Waals surface area contributed by atoms with Crippen LogP contribution in [-0.4, -0.2) is 30.5 Å². The molecule has 3 aromatic rings. The molecule has 0 saturated carbocycles. The predicted octanol–water partition coefficient (Wildman–Crippen LogP) is 2.83. The summed E-state index contributed by atoms with van der Waals surface area (Å²) in [4.78, 5) is 19.6. The largest absolute Gasteiger partial charge is 0.352 e. The van der Waals surface area contributed by atoms with E-state index in [0.29, 0.717) is 11.3 Å². The molecule has 0 spiro atoms. The fraction of sp³-hybridized carbons (Fsp3) is 0.105. The van der Waals surface area contributed by atoms with Crippen molar-refractivity contribution in [2.75, 3.05) is 17.0 Å². The molecule has 0 aliphatic rings. The molecule has 0 radical (unpaired) electrons. The van der Waals surface area contributed by atoms with Crippen molar-refractivity contribution in [1.29, 1.82) is 0 Å². The molecule has 29 heavy (non-hydrogen) atoms. The molecule has 0 saturated heterocycles. The van der Waals surface area contributed by atoms with Crippen LogP contribution in [0.15, 0.2) is 60.0 Å². The van der Waals surface area contributed by atoms with Crippen LogP contribution in [0.2, 0.25) is 0 Å². The van der Waals surface area contributed by atoms with Gasteiger partial charge in [0.05, 0.1) is 27.5 Å². The third kappa shape index (κ3) is 4.85. The van der Waals surface area contributed by atoms with E-state index >= 15 is 0 Å². The van der Waals surface area contributed by atoms with E-state index in [0.717, 1.165) is 6.26 Å². The number of para-hydroxylation sites is 1. The maximum absolute atomic E-state index is 14.2. The Kier molecular flexibility index (Phi) is 5.74. The molecule has 1 heterocycles. The van der Waals surface area contributed by atoms with Crippen LogP contribution >= 0.6 is 0 Å². The first-order valence-electron chi connectivity index (χ1n) is 8.43. The number of sulfone groups is 1. The Morgan fingerprint density at radius 2 is 1.83 bits per heavy atom. The molecule has 0 aliphatic heterocycles. The van der Waals surface area contributed by atoms with Gasteiger partial charge in [-0.2, -0.15) is 0 Å². The number of rotatable bonds is 6. The summed E-state index contributed by atoms with van der Waals surface area (Å²) in [6.45, 7) is 1.70. The van der Waals surface area contributed by atoms with Crippen LogP contribution < -0.4 is 16.2 Å². The van der Waals surface area contributed by atoms with E-state index < -0.39 is 21.6 Å². The SMILES string of the molecule is Cc1cccc(F)c1Nc1cc(NNC(=O)c2cncnc2)ccc1S(C)(=O)=O. The highest BCUT2D eigenvalue weighted by Crippen LogP contribution is 2.30. The van der Waals surface area contributed by atoms with E-state index in [1.165, 1.54) is 43.0 Å². The number of hydrogen-bond acceptors (Lipinski definition) is 7. The number of anilines is 3. The van der Waals surface area contributed by atoms with E-state index in [-0.39, 0.29) is 21.8 Å². The van der Waals surface area contributed by atoms with Gasteiger partial charge < -0.3 is 5.32 Å². The Hall–Kier alpha value is -3.53. The lowest BCUT2D eigenvalue weighted by atomic mass is 10.2. The van der Waals surface area contributed by atoms with Crippen LogP contribution in [0, 0.1) is 12.7 Å². The van der Waals surface area contributed by atoms with Crippen molar-refractivity contribution in [3.05, 3.63) is 72.1 Å². The molecule has 0 unspecified atom stereocenters. The van der Waals surface area contributed by atoms with Crippen LogP contribution in [0.3, 0.4) is 0 Å². The van der Waals surface area contributed by atoms with Gasteiger partial charge in [-0.1, -0.05) is 12.1 Å². The summed E-state index contributed by atoms with van der Waals surface area (Å²) in [6.07, 6.45) is 5.07. The number of carbonyl (C=O) groups is 1. The smallest absolute Gasteiger partial charge is 0.272 e. The fourth-order valence-corrected chi connectivity index (χ4v) is 3.40. The van der Waals surface area contributed by atoms with Crippen molar-refractivity contribution in [1.82, 2.24) is 15.4 Å². The number of halogens is 1. The predicted molar refractivity (Wildman–Crippen MR) is 107 cm³/mol. The molecule has 150 valence electrons. The summed E-state index contributed by atoms with van der Waals surface area (Å²) in [7, 11) is -3.59. The Bertz CT molecular complexity index is 1130. The van der Waals surface area contributed by atoms with Crippen molar-refractivity contribution in [3.63, 3.8) is 0 Å². The summed E-state index contributed by atoms with van der Waals surface area (Å²) < 4.78 is 38.5. The first-order chi connectivity index (χ1) is 13.8. The normalized spacial score (nSPS) is 11.0. The minimum absolute atomic E-state index is 0.00603. The van der Waals surface area contributed by atoms with Gasteiger partial charge in [0, 0.05) is 18.6 Å². The van der Waals surface area contributed by atoms with Gasteiger partial charge in [0.15, 0.2) is 9.84 Å². The molecule has 2 aromatic carbocycles. The zero-order valence-electron chi connectivity index (χ0n) is 15.6. The topological polar surface area (TPSA) is 113 Å². The van der Waals surface area contributed by atoms with Gasteiger partial charge in [0.2, 0.25) is 0 Å². The molecule has 3 rings (SSSR count). The maximum atomic E-state index is 14.2. The van der Waals surface area contributed by atoms with Crippen LogP contribution in [0.4, 0.5) is 21.5 Å². The molecule has 8 nitrogen and oxygen atoms in total. The summed E-state index contributed by atoms with van der Waals surface area (Å²) in [5.74, 6) is -0.988. The number of benzene rings is 2. The summed E-state index contributed by atoms with van der Waals surface area (Å²) >= 11 is 0. The second-order valence-electron chi connectivity index (χ2n) is 6.25. The summed E-state index contributed by atoms with van der Waals surface area (Å²) in [5, 5.41) is 2.85. The third-order valence-corrected chi connectivity index (χ3v) is 5.16. The molecule has 0 atom stereocenters. The number of hydrazine groups is 1. The van der Waals surface area contributed by atoms with E-state index in [2.05, 4.69) is 26.1 Å². The van der Waals surface area contributed by atoms with Crippen molar-refractivity contribution in [3.8, 4) is 0 Å². The van der Waals surface area contributed by atoms with Crippen molar-refractivity contribution < 1.29 is 17.6 Å². The van der Waals surface area contributed by atoms with E-state index in [4.69, 9.17) is 0 Å². The van der Waals surface area contributed by atoms with Crippen LogP contribution in [0.5, 0.6) is 0 Å². The molecule has 0 fully saturated rings. The van der Waals surface area contributed by atoms with Gasteiger partial charge in [-0.25, -0.2) is 22.8 Å². The number of aryl methyl sites for hydroxylation is 1. The van der Waals surface area contributed by atoms with Crippen molar-refractivity contribution in [2.45, 2.75) is 11.8 Å². The highest BCUT2D eigenvalue weighted by Gasteiger charge is 2.16. The number of carbonyl (C=O) groups excluding carboxylic acids is 1. The summed E-state index contributed by atoms with van der Waals surface area (Å²) in [5.41, 5.74) is 6.74. The van der Waals surface area contributed by atoms with Crippen LogP contribution in [-0.2, 0) is 9.84 Å². The van der Waals surface area contributed by atoms with Gasteiger partial charge in [0.1, 0.15) is 12.1 Å². The Balaban J connectivity index is 1.89. The number of nitrogens with one attached hydrogen (secondary N) is 3. The molecule has 0 bridgehead atoms. The quantitative estimate of drug-likeness (QED) is 0.531. The van der Waals surface area contributed by atoms with E-state index in [9.17, 15) is 17.6 Å². The number of hydrogen-bond donors (Lipinski definition) is 3. The van der Waals surface area contributed by atoms with E-state index in [1.54, 1.807) is 19.1 Å². The molecular formula is C19H18FN5O3S. The number of aromatic nitrogens is 2. The molecule has 1 aromatic heterocycles. The zero-order valence-corrected chi connectivity index (χ0v) is 16.4. The molecular weight excluding hydrogens is 397 g/mol. The second kappa shape index (κ2) is 8.23. The standard InChI is InChI=1S/C19H18FN5O3S/c1-12-4-3-5-15(20)18(12)23-16-8-14(6-7-17(16)29(2,27)28)24-25-19(26)13-9-21-11-22-10-13/h3-11,23-24H,1-2H3,(H,25,26). The van der Waals surface area contributed by atoms with Crippen LogP contribution in [0.25, 0.3) is 0 Å². The molecule has 0 aliphatic carbocycles. The Morgan fingerprint density at radius 1 is 1.10 bits per heavy atom. The lowest BCUT2D eigenvalue weighted by Gasteiger charge is -2.16. The monoisotopic (exact) mass is 415 g/mol. The van der Waals surface area contributed by atoms with Crippen molar-refractivity contribution in [2.24, 2.45) is 0 Å². The lowest BCUT2D eigenvalue weighted by Crippen LogP contribution is -2.29. The third-order valence-electron chi connectivity index (χ3n) is 4.00. The summed E-state index contributed by atoms with van der Waals surface area (Å²) in [6, 6.07) is 8.86. The minimum Gasteiger partial charge on any atom is -0.352 e. The number of amides is 1. The lowest BCUT2D eigenvalue weighted by molar-refractivity contribution is 0.0962. The Morgan fingerprint density at radius 3 is 2.48 bits per heavy atom. The first kappa shape index (κ1) is 20.2.